The molecular formula is C19H22N6O6. The number of urea groups is 1. The Bertz CT molecular complexity index is 933. The van der Waals surface area contributed by atoms with Gasteiger partial charge in [-0.15, -0.1) is 0 Å². The molecule has 0 saturated carbocycles. The lowest BCUT2D eigenvalue weighted by Gasteiger charge is -2.32. The van der Waals surface area contributed by atoms with Gasteiger partial charge in [-0.2, -0.15) is 0 Å². The Balaban J connectivity index is 1.65. The lowest BCUT2D eigenvalue weighted by molar-refractivity contribution is -0.406. The van der Waals surface area contributed by atoms with E-state index in [0.29, 0.717) is 11.6 Å². The smallest absolute Gasteiger partial charge is 0.426 e. The van der Waals surface area contributed by atoms with Crippen molar-refractivity contribution >= 4 is 23.5 Å². The summed E-state index contributed by atoms with van der Waals surface area (Å²) in [5.74, 6) is -1.25. The highest BCUT2D eigenvalue weighted by atomic mass is 16.6. The van der Waals surface area contributed by atoms with Gasteiger partial charge in [0, 0.05) is 18.8 Å². The molecule has 1 saturated heterocycles. The molecule has 1 N–H and O–H groups in total. The zero-order chi connectivity index (χ0) is 22.4. The SMILES string of the molecule is CCCC1CCCN(C(=O)Nc2ccc(Oc3cc([N+](=O)[O-])nc([N+](=O)[O-])n3)cc2)C1. The number of rotatable bonds is 7. The van der Waals surface area contributed by atoms with E-state index in [1.807, 2.05) is 4.90 Å². The van der Waals surface area contributed by atoms with Crippen LogP contribution < -0.4 is 10.1 Å². The molecule has 164 valence electrons. The van der Waals surface area contributed by atoms with E-state index >= 15 is 0 Å². The zero-order valence-corrected chi connectivity index (χ0v) is 16.9. The van der Waals surface area contributed by atoms with Crippen molar-refractivity contribution in [2.24, 2.45) is 5.92 Å². The Morgan fingerprint density at radius 1 is 1.23 bits per heavy atom. The number of hydrogen-bond donors (Lipinski definition) is 1. The molecule has 0 aliphatic carbocycles. The number of carbonyl (C=O) groups excluding carboxylic acids is 1. The summed E-state index contributed by atoms with van der Waals surface area (Å²) in [7, 11) is 0. The van der Waals surface area contributed by atoms with Crippen LogP contribution in [0.5, 0.6) is 11.6 Å². The first-order valence-electron chi connectivity index (χ1n) is 9.87. The average Bonchev–Trinajstić information content (AvgIpc) is 2.75. The maximum Gasteiger partial charge on any atom is 0.476 e. The highest BCUT2D eigenvalue weighted by molar-refractivity contribution is 5.89. The summed E-state index contributed by atoms with van der Waals surface area (Å²) in [6, 6.07) is 6.97. The Morgan fingerprint density at radius 2 is 1.97 bits per heavy atom. The average molecular weight is 430 g/mol. The van der Waals surface area contributed by atoms with Crippen molar-refractivity contribution in [3.63, 3.8) is 0 Å². The largest absolute Gasteiger partial charge is 0.476 e. The van der Waals surface area contributed by atoms with Crippen LogP contribution in [0, 0.1) is 26.1 Å². The second-order valence-corrected chi connectivity index (χ2v) is 7.18. The third kappa shape index (κ3) is 5.84. The molecule has 12 nitrogen and oxygen atoms in total. The van der Waals surface area contributed by atoms with Gasteiger partial charge in [0.15, 0.2) is 0 Å². The predicted molar refractivity (Wildman–Crippen MR) is 110 cm³/mol. The Labute approximate surface area is 177 Å². The summed E-state index contributed by atoms with van der Waals surface area (Å²) in [5.41, 5.74) is 0.551. The highest BCUT2D eigenvalue weighted by Gasteiger charge is 2.23. The first-order valence-corrected chi connectivity index (χ1v) is 9.87. The maximum atomic E-state index is 12.5. The van der Waals surface area contributed by atoms with Gasteiger partial charge in [-0.1, -0.05) is 13.3 Å². The molecule has 2 amide bonds. The molecule has 1 atom stereocenters. The number of nitro groups is 2. The molecule has 1 aliphatic heterocycles. The number of nitrogens with one attached hydrogen (secondary N) is 1. The van der Waals surface area contributed by atoms with Crippen molar-refractivity contribution < 1.29 is 19.4 Å². The van der Waals surface area contributed by atoms with Crippen molar-refractivity contribution in [1.82, 2.24) is 14.9 Å². The molecule has 1 unspecified atom stereocenters. The third-order valence-corrected chi connectivity index (χ3v) is 4.86. The molecule has 1 aromatic carbocycles. The lowest BCUT2D eigenvalue weighted by Crippen LogP contribution is -2.42. The highest BCUT2D eigenvalue weighted by Crippen LogP contribution is 2.26. The Hall–Kier alpha value is -3.83. The van der Waals surface area contributed by atoms with E-state index < -0.39 is 21.6 Å². The summed E-state index contributed by atoms with van der Waals surface area (Å²) in [6.45, 7) is 3.60. The number of carbonyl (C=O) groups is 1. The van der Waals surface area contributed by atoms with E-state index in [0.717, 1.165) is 44.8 Å². The summed E-state index contributed by atoms with van der Waals surface area (Å²) in [6.07, 6.45) is 4.33. The number of ether oxygens (including phenoxy) is 1. The van der Waals surface area contributed by atoms with Gasteiger partial charge < -0.3 is 35.2 Å². The number of piperidine rings is 1. The molecule has 12 heteroatoms. The van der Waals surface area contributed by atoms with E-state index in [9.17, 15) is 25.0 Å². The van der Waals surface area contributed by atoms with E-state index in [4.69, 9.17) is 4.74 Å². The van der Waals surface area contributed by atoms with Gasteiger partial charge in [-0.3, -0.25) is 0 Å². The van der Waals surface area contributed by atoms with Crippen LogP contribution in [0.3, 0.4) is 0 Å². The number of amides is 2. The number of nitrogens with zero attached hydrogens (tertiary/aromatic N) is 5. The minimum atomic E-state index is -0.940. The van der Waals surface area contributed by atoms with Crippen LogP contribution >= 0.6 is 0 Å². The molecule has 1 aliphatic rings. The molecule has 3 rings (SSSR count). The minimum Gasteiger partial charge on any atom is -0.426 e. The molecular weight excluding hydrogens is 408 g/mol. The summed E-state index contributed by atoms with van der Waals surface area (Å²) in [5, 5.41) is 24.6. The summed E-state index contributed by atoms with van der Waals surface area (Å²) < 4.78 is 5.39. The fourth-order valence-corrected chi connectivity index (χ4v) is 3.45. The number of benzene rings is 1. The van der Waals surface area contributed by atoms with Crippen LogP contribution in [0.2, 0.25) is 0 Å². The van der Waals surface area contributed by atoms with E-state index in [-0.39, 0.29) is 17.7 Å². The van der Waals surface area contributed by atoms with Gasteiger partial charge in [0.1, 0.15) is 11.8 Å². The topological polar surface area (TPSA) is 154 Å². The Morgan fingerprint density at radius 3 is 2.61 bits per heavy atom. The molecule has 1 aromatic heterocycles. The molecule has 1 fully saturated rings. The third-order valence-electron chi connectivity index (χ3n) is 4.86. The number of hydrogen-bond acceptors (Lipinski definition) is 8. The molecule has 31 heavy (non-hydrogen) atoms. The number of anilines is 1. The van der Waals surface area contributed by atoms with Crippen LogP contribution in [0.25, 0.3) is 0 Å². The van der Waals surface area contributed by atoms with Gasteiger partial charge in [-0.25, -0.2) is 4.79 Å². The monoisotopic (exact) mass is 430 g/mol. The van der Waals surface area contributed by atoms with Gasteiger partial charge in [0.25, 0.3) is 0 Å². The van der Waals surface area contributed by atoms with E-state index in [1.54, 1.807) is 12.1 Å². The van der Waals surface area contributed by atoms with E-state index in [2.05, 4.69) is 22.2 Å². The van der Waals surface area contributed by atoms with Crippen molar-refractivity contribution in [2.45, 2.75) is 32.6 Å². The van der Waals surface area contributed by atoms with Crippen LogP contribution in [0.1, 0.15) is 32.6 Å². The summed E-state index contributed by atoms with van der Waals surface area (Å²) >= 11 is 0. The normalized spacial score (nSPS) is 15.9. The first kappa shape index (κ1) is 21.9. The maximum absolute atomic E-state index is 12.5. The lowest BCUT2D eigenvalue weighted by atomic mass is 9.94. The molecule has 0 spiro atoms. The molecule has 2 aromatic rings. The molecule has 0 bridgehead atoms. The first-order chi connectivity index (χ1) is 14.9. The van der Waals surface area contributed by atoms with E-state index in [1.165, 1.54) is 12.1 Å². The second kappa shape index (κ2) is 9.78. The second-order valence-electron chi connectivity index (χ2n) is 7.18. The summed E-state index contributed by atoms with van der Waals surface area (Å²) in [4.78, 5) is 41.1. The molecule has 0 radical (unpaired) electrons. The fourth-order valence-electron chi connectivity index (χ4n) is 3.45. The van der Waals surface area contributed by atoms with Crippen molar-refractivity contribution in [1.29, 1.82) is 0 Å². The van der Waals surface area contributed by atoms with Crippen LogP contribution in [0.15, 0.2) is 30.3 Å². The quantitative estimate of drug-likeness (QED) is 0.508. The van der Waals surface area contributed by atoms with Crippen LogP contribution in [-0.4, -0.2) is 43.8 Å². The van der Waals surface area contributed by atoms with Crippen molar-refractivity contribution in [2.75, 3.05) is 18.4 Å². The van der Waals surface area contributed by atoms with Gasteiger partial charge in [0.2, 0.25) is 0 Å². The fraction of sp³-hybridized carbons (Fsp3) is 0.421. The number of aromatic nitrogens is 2. The minimum absolute atomic E-state index is 0.170. The number of likely N-dealkylation sites (tertiary alicyclic amines) is 1. The zero-order valence-electron chi connectivity index (χ0n) is 16.9. The van der Waals surface area contributed by atoms with Crippen molar-refractivity contribution in [3.8, 4) is 11.6 Å². The van der Waals surface area contributed by atoms with Gasteiger partial charge in [0.05, 0.1) is 0 Å². The van der Waals surface area contributed by atoms with Gasteiger partial charge in [-0.05, 0) is 69.3 Å². The van der Waals surface area contributed by atoms with Crippen molar-refractivity contribution in [3.05, 3.63) is 50.6 Å². The van der Waals surface area contributed by atoms with Crippen LogP contribution in [0.4, 0.5) is 22.2 Å². The standard InChI is InChI=1S/C19H22N6O6/c1-2-4-13-5-3-10-23(12-13)19(26)20-14-6-8-15(9-7-14)31-17-11-16(24(27)28)21-18(22-17)25(29)30/h6-9,11,13H,2-5,10,12H2,1H3,(H,20,26). The Kier molecular flexibility index (Phi) is 6.90. The van der Waals surface area contributed by atoms with Crippen LogP contribution in [-0.2, 0) is 0 Å². The van der Waals surface area contributed by atoms with Gasteiger partial charge >= 0.3 is 23.7 Å². The predicted octanol–water partition coefficient (Wildman–Crippen LogP) is 4.13. The molecule has 2 heterocycles.